The molecule has 1 aliphatic heterocycles. The topological polar surface area (TPSA) is 12.5 Å². The zero-order valence-electron chi connectivity index (χ0n) is 11.6. The lowest BCUT2D eigenvalue weighted by Crippen LogP contribution is -2.28. The van der Waals surface area contributed by atoms with Crippen LogP contribution in [0, 0.1) is 0 Å². The van der Waals surface area contributed by atoms with Crippen LogP contribution in [0.3, 0.4) is 0 Å². The summed E-state index contributed by atoms with van der Waals surface area (Å²) in [6.07, 6.45) is 2.42. The first-order valence-electron chi connectivity index (χ1n) is 6.93. The van der Waals surface area contributed by atoms with Crippen LogP contribution in [0.4, 0.5) is 5.69 Å². The molecule has 0 spiro atoms. The third-order valence-corrected chi connectivity index (χ3v) is 4.42. The minimum absolute atomic E-state index is 0.882. The summed E-state index contributed by atoms with van der Waals surface area (Å²) in [5.74, 6) is 0.882. The number of benzene rings is 2. The van der Waals surface area contributed by atoms with Gasteiger partial charge in [-0.15, -0.1) is 0 Å². The van der Waals surface area contributed by atoms with Crippen LogP contribution in [0.1, 0.15) is 17.5 Å². The standard InChI is InChI=1S/C17H18BrNO/c1-20-17-9-8-13(11-15(17)18)12-19-10-4-6-14-5-2-3-7-16(14)19/h2-3,5,7-9,11H,4,6,10,12H2,1H3. The molecule has 2 aromatic rings. The smallest absolute Gasteiger partial charge is 0.133 e. The highest BCUT2D eigenvalue weighted by molar-refractivity contribution is 9.10. The number of methoxy groups -OCH3 is 1. The van der Waals surface area contributed by atoms with Crippen molar-refractivity contribution in [3.63, 3.8) is 0 Å². The van der Waals surface area contributed by atoms with Crippen molar-refractivity contribution in [3.8, 4) is 5.75 Å². The first kappa shape index (κ1) is 13.5. The molecule has 20 heavy (non-hydrogen) atoms. The van der Waals surface area contributed by atoms with E-state index in [0.717, 1.165) is 23.3 Å². The molecule has 2 nitrogen and oxygen atoms in total. The average molecular weight is 332 g/mol. The van der Waals surface area contributed by atoms with Gasteiger partial charge in [-0.1, -0.05) is 24.3 Å². The Morgan fingerprint density at radius 1 is 1.20 bits per heavy atom. The van der Waals surface area contributed by atoms with E-state index in [1.165, 1.54) is 29.7 Å². The van der Waals surface area contributed by atoms with Crippen molar-refractivity contribution in [1.82, 2.24) is 0 Å². The summed E-state index contributed by atoms with van der Waals surface area (Å²) in [6, 6.07) is 15.0. The number of hydrogen-bond acceptors (Lipinski definition) is 2. The minimum Gasteiger partial charge on any atom is -0.496 e. The van der Waals surface area contributed by atoms with Crippen LogP contribution >= 0.6 is 15.9 Å². The number of fused-ring (bicyclic) bond motifs is 1. The normalized spacial score (nSPS) is 14.0. The second-order valence-corrected chi connectivity index (χ2v) is 5.98. The van der Waals surface area contributed by atoms with Gasteiger partial charge in [-0.3, -0.25) is 0 Å². The maximum atomic E-state index is 5.29. The molecule has 3 rings (SSSR count). The predicted octanol–water partition coefficient (Wildman–Crippen LogP) is 4.41. The summed E-state index contributed by atoms with van der Waals surface area (Å²) >= 11 is 3.56. The molecule has 0 aliphatic carbocycles. The number of aryl methyl sites for hydroxylation is 1. The predicted molar refractivity (Wildman–Crippen MR) is 86.5 cm³/mol. The van der Waals surface area contributed by atoms with Gasteiger partial charge in [0.25, 0.3) is 0 Å². The van der Waals surface area contributed by atoms with Gasteiger partial charge >= 0.3 is 0 Å². The Morgan fingerprint density at radius 2 is 2.05 bits per heavy atom. The number of anilines is 1. The Bertz CT molecular complexity index is 612. The van der Waals surface area contributed by atoms with Gasteiger partial charge in [0, 0.05) is 18.8 Å². The molecule has 3 heteroatoms. The zero-order valence-corrected chi connectivity index (χ0v) is 13.2. The number of rotatable bonds is 3. The van der Waals surface area contributed by atoms with Crippen molar-refractivity contribution < 1.29 is 4.74 Å². The molecule has 0 saturated heterocycles. The van der Waals surface area contributed by atoms with Crippen LogP contribution < -0.4 is 9.64 Å². The number of nitrogens with zero attached hydrogens (tertiary/aromatic N) is 1. The molecule has 0 atom stereocenters. The highest BCUT2D eigenvalue weighted by Crippen LogP contribution is 2.30. The summed E-state index contributed by atoms with van der Waals surface area (Å²) in [5, 5.41) is 0. The van der Waals surface area contributed by atoms with E-state index >= 15 is 0 Å². The van der Waals surface area contributed by atoms with Crippen molar-refractivity contribution in [1.29, 1.82) is 0 Å². The molecule has 0 amide bonds. The van der Waals surface area contributed by atoms with Gasteiger partial charge in [0.2, 0.25) is 0 Å². The highest BCUT2D eigenvalue weighted by atomic mass is 79.9. The third-order valence-electron chi connectivity index (χ3n) is 3.80. The van der Waals surface area contributed by atoms with E-state index in [1.807, 2.05) is 6.07 Å². The highest BCUT2D eigenvalue weighted by Gasteiger charge is 2.16. The van der Waals surface area contributed by atoms with Gasteiger partial charge in [0.15, 0.2) is 0 Å². The number of para-hydroxylation sites is 1. The lowest BCUT2D eigenvalue weighted by molar-refractivity contribution is 0.412. The molecule has 104 valence electrons. The molecule has 0 aromatic heterocycles. The molecule has 0 radical (unpaired) electrons. The molecular weight excluding hydrogens is 314 g/mol. The maximum Gasteiger partial charge on any atom is 0.133 e. The van der Waals surface area contributed by atoms with Crippen LogP contribution in [0.5, 0.6) is 5.75 Å². The quantitative estimate of drug-likeness (QED) is 0.825. The summed E-state index contributed by atoms with van der Waals surface area (Å²) in [6.45, 7) is 2.07. The SMILES string of the molecule is COc1ccc(CN2CCCc3ccccc32)cc1Br. The number of ether oxygens (including phenoxy) is 1. The van der Waals surface area contributed by atoms with Crippen LogP contribution in [-0.2, 0) is 13.0 Å². The fraction of sp³-hybridized carbons (Fsp3) is 0.294. The Kier molecular flexibility index (Phi) is 3.97. The van der Waals surface area contributed by atoms with Crippen LogP contribution in [0.15, 0.2) is 46.9 Å². The van der Waals surface area contributed by atoms with E-state index in [9.17, 15) is 0 Å². The fourth-order valence-corrected chi connectivity index (χ4v) is 3.39. The van der Waals surface area contributed by atoms with Crippen molar-refractivity contribution >= 4 is 21.6 Å². The maximum absolute atomic E-state index is 5.29. The molecule has 0 N–H and O–H groups in total. The van der Waals surface area contributed by atoms with Crippen molar-refractivity contribution in [2.45, 2.75) is 19.4 Å². The fourth-order valence-electron chi connectivity index (χ4n) is 2.80. The zero-order chi connectivity index (χ0) is 13.9. The first-order chi connectivity index (χ1) is 9.78. The Balaban J connectivity index is 1.84. The minimum atomic E-state index is 0.882. The second-order valence-electron chi connectivity index (χ2n) is 5.12. The molecule has 0 bridgehead atoms. The molecule has 0 saturated carbocycles. The molecule has 0 fully saturated rings. The molecule has 0 unspecified atom stereocenters. The van der Waals surface area contributed by atoms with E-state index in [2.05, 4.69) is 57.2 Å². The Labute approximate surface area is 128 Å². The third kappa shape index (κ3) is 2.68. The molecule has 1 heterocycles. The average Bonchev–Trinajstić information content (AvgIpc) is 2.48. The summed E-state index contributed by atoms with van der Waals surface area (Å²) in [7, 11) is 1.70. The van der Waals surface area contributed by atoms with E-state index in [1.54, 1.807) is 7.11 Å². The van der Waals surface area contributed by atoms with E-state index < -0.39 is 0 Å². The Hall–Kier alpha value is -1.48. The summed E-state index contributed by atoms with van der Waals surface area (Å²) < 4.78 is 6.30. The molecular formula is C17H18BrNO. The number of hydrogen-bond donors (Lipinski definition) is 0. The van der Waals surface area contributed by atoms with Crippen LogP contribution in [-0.4, -0.2) is 13.7 Å². The van der Waals surface area contributed by atoms with Crippen molar-refractivity contribution in [2.75, 3.05) is 18.6 Å². The lowest BCUT2D eigenvalue weighted by atomic mass is 10.0. The van der Waals surface area contributed by atoms with Gasteiger partial charge < -0.3 is 9.64 Å². The van der Waals surface area contributed by atoms with E-state index in [0.29, 0.717) is 0 Å². The molecule has 1 aliphatic rings. The van der Waals surface area contributed by atoms with Gasteiger partial charge in [-0.2, -0.15) is 0 Å². The van der Waals surface area contributed by atoms with E-state index in [-0.39, 0.29) is 0 Å². The first-order valence-corrected chi connectivity index (χ1v) is 7.72. The number of halogens is 1. The Morgan fingerprint density at radius 3 is 2.85 bits per heavy atom. The lowest BCUT2D eigenvalue weighted by Gasteiger charge is -2.31. The summed E-state index contributed by atoms with van der Waals surface area (Å²) in [5.41, 5.74) is 4.14. The largest absolute Gasteiger partial charge is 0.496 e. The molecule has 2 aromatic carbocycles. The van der Waals surface area contributed by atoms with Gasteiger partial charge in [-0.25, -0.2) is 0 Å². The summed E-state index contributed by atoms with van der Waals surface area (Å²) in [4.78, 5) is 2.47. The van der Waals surface area contributed by atoms with Crippen LogP contribution in [0.2, 0.25) is 0 Å². The van der Waals surface area contributed by atoms with Gasteiger partial charge in [-0.05, 0) is 58.1 Å². The van der Waals surface area contributed by atoms with Gasteiger partial charge in [0.05, 0.1) is 11.6 Å². The van der Waals surface area contributed by atoms with Crippen LogP contribution in [0.25, 0.3) is 0 Å². The van der Waals surface area contributed by atoms with Gasteiger partial charge in [0.1, 0.15) is 5.75 Å². The monoisotopic (exact) mass is 331 g/mol. The van der Waals surface area contributed by atoms with Crippen molar-refractivity contribution in [3.05, 3.63) is 58.1 Å². The second kappa shape index (κ2) is 5.88. The van der Waals surface area contributed by atoms with E-state index in [4.69, 9.17) is 4.74 Å². The van der Waals surface area contributed by atoms with Crippen molar-refractivity contribution in [2.24, 2.45) is 0 Å².